The summed E-state index contributed by atoms with van der Waals surface area (Å²) in [7, 11) is 0. The van der Waals surface area contributed by atoms with Crippen molar-refractivity contribution in [2.45, 2.75) is 18.2 Å². The van der Waals surface area contributed by atoms with Gasteiger partial charge < -0.3 is 9.80 Å². The molecule has 6 rings (SSSR count). The van der Waals surface area contributed by atoms with Crippen molar-refractivity contribution in [2.24, 2.45) is 9.98 Å². The Balaban J connectivity index is 1.17. The predicted molar refractivity (Wildman–Crippen MR) is 148 cm³/mol. The molecule has 3 aliphatic heterocycles. The zero-order chi connectivity index (χ0) is 26.1. The molecule has 0 saturated carbocycles. The minimum absolute atomic E-state index is 0.0115. The van der Waals surface area contributed by atoms with Gasteiger partial charge in [-0.3, -0.25) is 14.6 Å². The highest BCUT2D eigenvalue weighted by Crippen LogP contribution is 2.35. The molecule has 1 saturated heterocycles. The Morgan fingerprint density at radius 3 is 2.42 bits per heavy atom. The van der Waals surface area contributed by atoms with Crippen LogP contribution in [0.1, 0.15) is 17.5 Å². The van der Waals surface area contributed by atoms with Crippen LogP contribution >= 0.6 is 11.8 Å². The molecule has 9 heteroatoms. The standard InChI is InChI=1S/C29H26FN5O2S/c30-23-12-6-4-8-20(23)19-38-29-32-24-13-7-5-11-22(24)27-31-25(28(37)35(27)29)18-26(36)34-16-14-33(15-17-34)21-9-2-1-3-10-21/h1-13,25H,14-19H2/t25-/m1/s1. The van der Waals surface area contributed by atoms with Gasteiger partial charge in [0, 0.05) is 43.2 Å². The molecule has 0 aromatic heterocycles. The first-order chi connectivity index (χ1) is 18.6. The molecule has 0 spiro atoms. The first-order valence-corrected chi connectivity index (χ1v) is 13.6. The van der Waals surface area contributed by atoms with Gasteiger partial charge in [0.1, 0.15) is 17.7 Å². The number of aliphatic imine (C=N–C) groups is 2. The van der Waals surface area contributed by atoms with Crippen molar-refractivity contribution < 1.29 is 14.0 Å². The largest absolute Gasteiger partial charge is 0.368 e. The summed E-state index contributed by atoms with van der Waals surface area (Å²) >= 11 is 1.29. The van der Waals surface area contributed by atoms with Crippen LogP contribution in [0, 0.1) is 5.82 Å². The molecule has 3 aromatic rings. The molecule has 7 nitrogen and oxygen atoms in total. The number of rotatable bonds is 5. The third kappa shape index (κ3) is 4.69. The lowest BCUT2D eigenvalue weighted by Gasteiger charge is -2.36. The number of thioether (sulfide) groups is 1. The van der Waals surface area contributed by atoms with E-state index in [2.05, 4.69) is 17.0 Å². The maximum Gasteiger partial charge on any atom is 0.259 e. The number of piperazine rings is 1. The fraction of sp³-hybridized carbons (Fsp3) is 0.241. The number of fused-ring (bicyclic) bond motifs is 3. The molecule has 3 aliphatic rings. The fourth-order valence-electron chi connectivity index (χ4n) is 4.94. The van der Waals surface area contributed by atoms with Crippen molar-refractivity contribution in [1.82, 2.24) is 9.80 Å². The lowest BCUT2D eigenvalue weighted by Crippen LogP contribution is -2.49. The number of anilines is 1. The molecule has 0 radical (unpaired) electrons. The van der Waals surface area contributed by atoms with Crippen molar-refractivity contribution >= 4 is 46.0 Å². The van der Waals surface area contributed by atoms with E-state index in [-0.39, 0.29) is 24.1 Å². The van der Waals surface area contributed by atoms with E-state index in [1.54, 1.807) is 18.2 Å². The van der Waals surface area contributed by atoms with Crippen molar-refractivity contribution in [3.8, 4) is 0 Å². The molecule has 0 bridgehead atoms. The van der Waals surface area contributed by atoms with Crippen LogP contribution in [-0.2, 0) is 15.3 Å². The number of hydrogen-bond acceptors (Lipinski definition) is 6. The van der Waals surface area contributed by atoms with Crippen LogP contribution in [0.4, 0.5) is 15.8 Å². The quantitative estimate of drug-likeness (QED) is 0.492. The third-order valence-electron chi connectivity index (χ3n) is 6.98. The third-order valence-corrected chi connectivity index (χ3v) is 7.97. The molecule has 0 aliphatic carbocycles. The second-order valence-corrected chi connectivity index (χ2v) is 10.3. The van der Waals surface area contributed by atoms with E-state index >= 15 is 0 Å². The van der Waals surface area contributed by atoms with E-state index in [1.807, 2.05) is 47.4 Å². The maximum absolute atomic E-state index is 14.2. The van der Waals surface area contributed by atoms with Crippen molar-refractivity contribution in [3.63, 3.8) is 0 Å². The molecule has 2 amide bonds. The fourth-order valence-corrected chi connectivity index (χ4v) is 5.92. The van der Waals surface area contributed by atoms with E-state index in [0.29, 0.717) is 41.1 Å². The minimum atomic E-state index is -0.810. The number of para-hydroxylation sites is 2. The molecule has 192 valence electrons. The van der Waals surface area contributed by atoms with Gasteiger partial charge in [0.25, 0.3) is 5.91 Å². The number of carbonyl (C=O) groups excluding carboxylic acids is 2. The minimum Gasteiger partial charge on any atom is -0.368 e. The van der Waals surface area contributed by atoms with E-state index in [1.165, 1.54) is 22.7 Å². The number of carbonyl (C=O) groups is 2. The lowest BCUT2D eigenvalue weighted by atomic mass is 10.1. The predicted octanol–water partition coefficient (Wildman–Crippen LogP) is 4.46. The van der Waals surface area contributed by atoms with E-state index in [0.717, 1.165) is 24.3 Å². The van der Waals surface area contributed by atoms with Crippen LogP contribution in [-0.4, -0.2) is 64.8 Å². The van der Waals surface area contributed by atoms with Crippen LogP contribution in [0.25, 0.3) is 0 Å². The summed E-state index contributed by atoms with van der Waals surface area (Å²) in [4.78, 5) is 41.8. The zero-order valence-electron chi connectivity index (χ0n) is 20.7. The Morgan fingerprint density at radius 1 is 0.921 bits per heavy atom. The van der Waals surface area contributed by atoms with Gasteiger partial charge in [-0.25, -0.2) is 14.3 Å². The topological polar surface area (TPSA) is 68.6 Å². The molecule has 38 heavy (non-hydrogen) atoms. The molecular weight excluding hydrogens is 501 g/mol. The second-order valence-electron chi connectivity index (χ2n) is 9.34. The van der Waals surface area contributed by atoms with Crippen LogP contribution in [0.5, 0.6) is 0 Å². The summed E-state index contributed by atoms with van der Waals surface area (Å²) in [5.74, 6) is 0.175. The Labute approximate surface area is 224 Å². The van der Waals surface area contributed by atoms with Crippen LogP contribution in [0.3, 0.4) is 0 Å². The Hall–Kier alpha value is -3.98. The van der Waals surface area contributed by atoms with Crippen LogP contribution < -0.4 is 4.90 Å². The summed E-state index contributed by atoms with van der Waals surface area (Å²) in [6.07, 6.45) is 0.0115. The second kappa shape index (κ2) is 10.4. The van der Waals surface area contributed by atoms with E-state index in [4.69, 9.17) is 9.98 Å². The van der Waals surface area contributed by atoms with Crippen molar-refractivity contribution in [2.75, 3.05) is 31.1 Å². The Bertz CT molecular complexity index is 1440. The monoisotopic (exact) mass is 527 g/mol. The highest BCUT2D eigenvalue weighted by Gasteiger charge is 2.42. The van der Waals surface area contributed by atoms with Gasteiger partial charge in [-0.05, 0) is 35.9 Å². The number of benzene rings is 3. The SMILES string of the molecule is O=C(C[C@H]1N=C2c3ccccc3N=C(SCc3ccccc3F)N2C1=O)N1CCN(c2ccccc2)CC1. The maximum atomic E-state index is 14.2. The number of halogens is 1. The summed E-state index contributed by atoms with van der Waals surface area (Å²) in [5, 5.41) is 0.446. The summed E-state index contributed by atoms with van der Waals surface area (Å²) in [6.45, 7) is 2.68. The average molecular weight is 528 g/mol. The zero-order valence-corrected chi connectivity index (χ0v) is 21.5. The van der Waals surface area contributed by atoms with Gasteiger partial charge in [-0.15, -0.1) is 0 Å². The number of hydrogen-bond donors (Lipinski definition) is 0. The van der Waals surface area contributed by atoms with Gasteiger partial charge >= 0.3 is 0 Å². The Morgan fingerprint density at radius 2 is 1.63 bits per heavy atom. The molecule has 0 unspecified atom stereocenters. The van der Waals surface area contributed by atoms with E-state index in [9.17, 15) is 14.0 Å². The molecule has 1 fully saturated rings. The van der Waals surface area contributed by atoms with Gasteiger partial charge in [0.2, 0.25) is 5.91 Å². The van der Waals surface area contributed by atoms with Crippen LogP contribution in [0.2, 0.25) is 0 Å². The number of amidine groups is 2. The molecule has 1 atom stereocenters. The number of amides is 2. The summed E-state index contributed by atoms with van der Waals surface area (Å²) < 4.78 is 14.2. The van der Waals surface area contributed by atoms with Gasteiger partial charge in [-0.2, -0.15) is 0 Å². The summed E-state index contributed by atoms with van der Waals surface area (Å²) in [5.41, 5.74) is 3.13. The van der Waals surface area contributed by atoms with Crippen molar-refractivity contribution in [1.29, 1.82) is 0 Å². The smallest absolute Gasteiger partial charge is 0.259 e. The van der Waals surface area contributed by atoms with Gasteiger partial charge in [0.05, 0.1) is 12.1 Å². The Kier molecular flexibility index (Phi) is 6.68. The summed E-state index contributed by atoms with van der Waals surface area (Å²) in [6, 6.07) is 23.4. The molecule has 3 aromatic carbocycles. The first kappa shape index (κ1) is 24.4. The van der Waals surface area contributed by atoms with Crippen molar-refractivity contribution in [3.05, 3.63) is 95.8 Å². The van der Waals surface area contributed by atoms with E-state index < -0.39 is 6.04 Å². The highest BCUT2D eigenvalue weighted by molar-refractivity contribution is 8.13. The molecule has 3 heterocycles. The highest BCUT2D eigenvalue weighted by atomic mass is 32.2. The van der Waals surface area contributed by atoms with Gasteiger partial charge in [-0.1, -0.05) is 60.3 Å². The number of nitrogens with zero attached hydrogens (tertiary/aromatic N) is 5. The molecular formula is C29H26FN5O2S. The lowest BCUT2D eigenvalue weighted by molar-refractivity contribution is -0.135. The molecule has 0 N–H and O–H groups in total. The first-order valence-electron chi connectivity index (χ1n) is 12.6. The normalized spacial score (nSPS) is 18.6. The van der Waals surface area contributed by atoms with Crippen LogP contribution in [0.15, 0.2) is 88.8 Å². The average Bonchev–Trinajstić information content (AvgIpc) is 3.29. The van der Waals surface area contributed by atoms with Gasteiger partial charge in [0.15, 0.2) is 5.17 Å².